The van der Waals surface area contributed by atoms with Crippen molar-refractivity contribution in [3.05, 3.63) is 0 Å². The van der Waals surface area contributed by atoms with E-state index in [9.17, 15) is 8.42 Å². The van der Waals surface area contributed by atoms with Crippen LogP contribution in [-0.2, 0) is 9.84 Å². The van der Waals surface area contributed by atoms with E-state index in [2.05, 4.69) is 13.8 Å². The predicted octanol–water partition coefficient (Wildman–Crippen LogP) is 1.47. The van der Waals surface area contributed by atoms with E-state index in [0.717, 1.165) is 12.8 Å². The Morgan fingerprint density at radius 1 is 1.27 bits per heavy atom. The van der Waals surface area contributed by atoms with E-state index in [0.29, 0.717) is 11.8 Å². The van der Waals surface area contributed by atoms with Crippen molar-refractivity contribution >= 4 is 9.84 Å². The summed E-state index contributed by atoms with van der Waals surface area (Å²) in [7, 11) is -2.73. The summed E-state index contributed by atoms with van der Waals surface area (Å²) < 4.78 is 22.0. The fourth-order valence-corrected chi connectivity index (χ4v) is 2.69. The standard InChI is InChI=1S/C8H16O2S/c1-6(2)7-4-8(5-7)11(3,9)10/h6-8H,4-5H2,1-3H3. The highest BCUT2D eigenvalue weighted by Crippen LogP contribution is 2.37. The van der Waals surface area contributed by atoms with Gasteiger partial charge < -0.3 is 0 Å². The average Bonchev–Trinajstić information content (AvgIpc) is 1.51. The Kier molecular flexibility index (Phi) is 2.28. The van der Waals surface area contributed by atoms with Crippen LogP contribution in [0, 0.1) is 11.8 Å². The largest absolute Gasteiger partial charge is 0.229 e. The van der Waals surface area contributed by atoms with E-state index in [-0.39, 0.29) is 5.25 Å². The fraction of sp³-hybridized carbons (Fsp3) is 1.00. The van der Waals surface area contributed by atoms with Gasteiger partial charge in [-0.3, -0.25) is 0 Å². The maximum absolute atomic E-state index is 11.0. The molecule has 0 aliphatic heterocycles. The number of sulfone groups is 1. The lowest BCUT2D eigenvalue weighted by Gasteiger charge is -2.36. The topological polar surface area (TPSA) is 34.1 Å². The first-order chi connectivity index (χ1) is 4.91. The molecule has 0 aromatic heterocycles. The molecule has 0 aromatic carbocycles. The molecule has 1 aliphatic rings. The Bertz CT molecular complexity index is 222. The molecule has 11 heavy (non-hydrogen) atoms. The van der Waals surface area contributed by atoms with Gasteiger partial charge in [-0.1, -0.05) is 13.8 Å². The summed E-state index contributed by atoms with van der Waals surface area (Å²) in [5.74, 6) is 1.29. The summed E-state index contributed by atoms with van der Waals surface area (Å²) in [6.45, 7) is 4.31. The number of hydrogen-bond donors (Lipinski definition) is 0. The molecule has 0 amide bonds. The van der Waals surface area contributed by atoms with Gasteiger partial charge >= 0.3 is 0 Å². The zero-order valence-electron chi connectivity index (χ0n) is 7.37. The van der Waals surface area contributed by atoms with Crippen LogP contribution in [0.25, 0.3) is 0 Å². The van der Waals surface area contributed by atoms with E-state index < -0.39 is 9.84 Å². The molecule has 2 nitrogen and oxygen atoms in total. The van der Waals surface area contributed by atoms with Crippen molar-refractivity contribution in [2.24, 2.45) is 11.8 Å². The summed E-state index contributed by atoms with van der Waals surface area (Å²) in [5, 5.41) is -0.0325. The maximum Gasteiger partial charge on any atom is 0.150 e. The van der Waals surface area contributed by atoms with Gasteiger partial charge in [0.05, 0.1) is 5.25 Å². The van der Waals surface area contributed by atoms with Gasteiger partial charge in [0.2, 0.25) is 0 Å². The smallest absolute Gasteiger partial charge is 0.150 e. The van der Waals surface area contributed by atoms with Gasteiger partial charge in [0.25, 0.3) is 0 Å². The first-order valence-electron chi connectivity index (χ1n) is 4.10. The molecule has 0 spiro atoms. The van der Waals surface area contributed by atoms with Crippen LogP contribution in [-0.4, -0.2) is 19.9 Å². The third kappa shape index (κ3) is 1.95. The molecule has 1 aliphatic carbocycles. The van der Waals surface area contributed by atoms with Gasteiger partial charge in [-0.25, -0.2) is 8.42 Å². The fourth-order valence-electron chi connectivity index (χ4n) is 1.50. The van der Waals surface area contributed by atoms with Crippen LogP contribution >= 0.6 is 0 Å². The van der Waals surface area contributed by atoms with Crippen LogP contribution in [0.2, 0.25) is 0 Å². The predicted molar refractivity (Wildman–Crippen MR) is 46.2 cm³/mol. The molecular formula is C8H16O2S. The van der Waals surface area contributed by atoms with Crippen molar-refractivity contribution in [1.82, 2.24) is 0 Å². The minimum Gasteiger partial charge on any atom is -0.229 e. The molecule has 3 heteroatoms. The van der Waals surface area contributed by atoms with Crippen molar-refractivity contribution < 1.29 is 8.42 Å². The Morgan fingerprint density at radius 3 is 2.00 bits per heavy atom. The zero-order valence-corrected chi connectivity index (χ0v) is 8.19. The van der Waals surface area contributed by atoms with Crippen LogP contribution in [0.15, 0.2) is 0 Å². The van der Waals surface area contributed by atoms with Crippen LogP contribution in [0.5, 0.6) is 0 Å². The van der Waals surface area contributed by atoms with E-state index in [1.54, 1.807) is 0 Å². The van der Waals surface area contributed by atoms with Gasteiger partial charge in [-0.05, 0) is 24.7 Å². The van der Waals surface area contributed by atoms with Crippen LogP contribution in [0.4, 0.5) is 0 Å². The normalized spacial score (nSPS) is 32.0. The monoisotopic (exact) mass is 176 g/mol. The second-order valence-electron chi connectivity index (χ2n) is 3.93. The minimum absolute atomic E-state index is 0.0325. The Balaban J connectivity index is 2.42. The van der Waals surface area contributed by atoms with E-state index in [4.69, 9.17) is 0 Å². The molecule has 0 radical (unpaired) electrons. The molecule has 0 bridgehead atoms. The first kappa shape index (κ1) is 9.04. The van der Waals surface area contributed by atoms with Gasteiger partial charge in [0, 0.05) is 6.26 Å². The molecular weight excluding hydrogens is 160 g/mol. The molecule has 0 unspecified atom stereocenters. The Morgan fingerprint density at radius 2 is 1.73 bits per heavy atom. The summed E-state index contributed by atoms with van der Waals surface area (Å²) in [4.78, 5) is 0. The quantitative estimate of drug-likeness (QED) is 0.638. The molecule has 0 saturated heterocycles. The first-order valence-corrected chi connectivity index (χ1v) is 6.05. The van der Waals surface area contributed by atoms with Crippen LogP contribution in [0.3, 0.4) is 0 Å². The highest BCUT2D eigenvalue weighted by Gasteiger charge is 2.37. The van der Waals surface area contributed by atoms with Crippen LogP contribution < -0.4 is 0 Å². The van der Waals surface area contributed by atoms with Crippen molar-refractivity contribution in [2.45, 2.75) is 31.9 Å². The third-order valence-electron chi connectivity index (χ3n) is 2.68. The lowest BCUT2D eigenvalue weighted by molar-refractivity contribution is 0.238. The summed E-state index contributed by atoms with van der Waals surface area (Å²) in [5.41, 5.74) is 0. The SMILES string of the molecule is CC(C)C1CC(S(C)(=O)=O)C1. The Hall–Kier alpha value is -0.0500. The van der Waals surface area contributed by atoms with Crippen molar-refractivity contribution in [3.63, 3.8) is 0 Å². The van der Waals surface area contributed by atoms with Gasteiger partial charge in [-0.15, -0.1) is 0 Å². The highest BCUT2D eigenvalue weighted by molar-refractivity contribution is 7.91. The second-order valence-corrected chi connectivity index (χ2v) is 6.25. The highest BCUT2D eigenvalue weighted by atomic mass is 32.2. The second kappa shape index (κ2) is 2.77. The van der Waals surface area contributed by atoms with Crippen molar-refractivity contribution in [2.75, 3.05) is 6.26 Å². The Labute approximate surface area is 68.9 Å². The van der Waals surface area contributed by atoms with E-state index in [1.165, 1.54) is 6.26 Å². The van der Waals surface area contributed by atoms with E-state index >= 15 is 0 Å². The lowest BCUT2D eigenvalue weighted by atomic mass is 9.77. The maximum atomic E-state index is 11.0. The van der Waals surface area contributed by atoms with Gasteiger partial charge in [0.15, 0.2) is 0 Å². The molecule has 1 fully saturated rings. The molecule has 1 rings (SSSR count). The average molecular weight is 176 g/mol. The summed E-state index contributed by atoms with van der Waals surface area (Å²) in [6.07, 6.45) is 3.11. The zero-order chi connectivity index (χ0) is 8.65. The van der Waals surface area contributed by atoms with Crippen molar-refractivity contribution in [3.8, 4) is 0 Å². The molecule has 66 valence electrons. The summed E-state index contributed by atoms with van der Waals surface area (Å²) >= 11 is 0. The molecule has 0 heterocycles. The van der Waals surface area contributed by atoms with Gasteiger partial charge in [-0.2, -0.15) is 0 Å². The number of hydrogen-bond acceptors (Lipinski definition) is 2. The minimum atomic E-state index is -2.73. The molecule has 0 aromatic rings. The van der Waals surface area contributed by atoms with Gasteiger partial charge in [0.1, 0.15) is 9.84 Å². The number of rotatable bonds is 2. The van der Waals surface area contributed by atoms with E-state index in [1.807, 2.05) is 0 Å². The molecule has 1 saturated carbocycles. The van der Waals surface area contributed by atoms with Crippen LogP contribution in [0.1, 0.15) is 26.7 Å². The summed E-state index contributed by atoms with van der Waals surface area (Å²) in [6, 6.07) is 0. The molecule has 0 atom stereocenters. The third-order valence-corrected chi connectivity index (χ3v) is 4.28. The lowest BCUT2D eigenvalue weighted by Crippen LogP contribution is -2.37. The molecule has 0 N–H and O–H groups in total. The van der Waals surface area contributed by atoms with Crippen molar-refractivity contribution in [1.29, 1.82) is 0 Å².